The predicted octanol–water partition coefficient (Wildman–Crippen LogP) is 1.01. The number of likely N-dealkylation sites (tertiary alicyclic amines) is 2. The molecule has 3 amide bonds. The maximum absolute atomic E-state index is 12.9. The Morgan fingerprint density at radius 1 is 0.821 bits per heavy atom. The summed E-state index contributed by atoms with van der Waals surface area (Å²) in [4.78, 5) is 41.0. The van der Waals surface area contributed by atoms with Crippen molar-refractivity contribution in [2.45, 2.75) is 44.9 Å². The van der Waals surface area contributed by atoms with Gasteiger partial charge in [-0.05, 0) is 56.3 Å². The van der Waals surface area contributed by atoms with Gasteiger partial charge in [0, 0.05) is 57.6 Å². The van der Waals surface area contributed by atoms with E-state index in [0.29, 0.717) is 69.2 Å². The normalized spacial score (nSPS) is 31.8. The summed E-state index contributed by atoms with van der Waals surface area (Å²) < 4.78 is 5.39. The topological polar surface area (TPSA) is 92.9 Å². The van der Waals surface area contributed by atoms with Crippen LogP contribution in [-0.2, 0) is 19.1 Å². The van der Waals surface area contributed by atoms with Crippen molar-refractivity contribution >= 4 is 17.7 Å². The Labute approximate surface area is 166 Å². The lowest BCUT2D eigenvalue weighted by Gasteiger charge is -2.40. The van der Waals surface area contributed by atoms with Crippen molar-refractivity contribution < 1.29 is 19.1 Å². The molecule has 28 heavy (non-hydrogen) atoms. The van der Waals surface area contributed by atoms with Crippen LogP contribution in [0.5, 0.6) is 0 Å². The number of ether oxygens (including phenoxy) is 1. The highest BCUT2D eigenvalue weighted by Gasteiger charge is 2.45. The molecule has 3 aliphatic heterocycles. The van der Waals surface area contributed by atoms with E-state index < -0.39 is 0 Å². The van der Waals surface area contributed by atoms with Crippen molar-refractivity contribution in [3.8, 4) is 0 Å². The highest BCUT2D eigenvalue weighted by atomic mass is 16.5. The van der Waals surface area contributed by atoms with Gasteiger partial charge in [-0.2, -0.15) is 0 Å². The summed E-state index contributed by atoms with van der Waals surface area (Å²) in [7, 11) is 0. The SMILES string of the molecule is NC(=O)C1CCN(C(=O)CC2C3CCC2CN(C(=O)C2CCOCC2)C3)CC1. The van der Waals surface area contributed by atoms with Crippen LogP contribution in [0, 0.1) is 29.6 Å². The summed E-state index contributed by atoms with van der Waals surface area (Å²) in [5.41, 5.74) is 5.39. The van der Waals surface area contributed by atoms with Gasteiger partial charge in [0.2, 0.25) is 17.7 Å². The molecule has 2 atom stereocenters. The second kappa shape index (κ2) is 8.39. The number of hydrogen-bond donors (Lipinski definition) is 1. The molecular formula is C21H33N3O4. The Kier molecular flexibility index (Phi) is 5.90. The quantitative estimate of drug-likeness (QED) is 0.774. The third kappa shape index (κ3) is 4.04. The Morgan fingerprint density at radius 3 is 2.00 bits per heavy atom. The molecule has 1 saturated carbocycles. The van der Waals surface area contributed by atoms with E-state index in [1.54, 1.807) is 0 Å². The Bertz CT molecular complexity index is 597. The first-order valence-electron chi connectivity index (χ1n) is 11.0. The van der Waals surface area contributed by atoms with Crippen LogP contribution in [0.1, 0.15) is 44.9 Å². The van der Waals surface area contributed by atoms with Gasteiger partial charge in [-0.15, -0.1) is 0 Å². The van der Waals surface area contributed by atoms with Crippen LogP contribution in [-0.4, -0.2) is 66.9 Å². The number of hydrogen-bond acceptors (Lipinski definition) is 4. The number of amides is 3. The lowest BCUT2D eigenvalue weighted by atomic mass is 9.81. The largest absolute Gasteiger partial charge is 0.381 e. The van der Waals surface area contributed by atoms with Crippen LogP contribution in [0.4, 0.5) is 0 Å². The molecule has 0 radical (unpaired) electrons. The Balaban J connectivity index is 1.30. The molecule has 0 spiro atoms. The van der Waals surface area contributed by atoms with E-state index in [0.717, 1.165) is 38.8 Å². The fourth-order valence-corrected chi connectivity index (χ4v) is 5.80. The van der Waals surface area contributed by atoms with Crippen molar-refractivity contribution in [1.29, 1.82) is 0 Å². The van der Waals surface area contributed by atoms with Gasteiger partial charge >= 0.3 is 0 Å². The van der Waals surface area contributed by atoms with Crippen LogP contribution >= 0.6 is 0 Å². The number of fused-ring (bicyclic) bond motifs is 2. The fraction of sp³-hybridized carbons (Fsp3) is 0.857. The molecule has 0 aromatic heterocycles. The number of primary amides is 1. The minimum absolute atomic E-state index is 0.0836. The summed E-state index contributed by atoms with van der Waals surface area (Å²) >= 11 is 0. The zero-order valence-corrected chi connectivity index (χ0v) is 16.7. The van der Waals surface area contributed by atoms with Crippen LogP contribution < -0.4 is 5.73 Å². The molecule has 3 heterocycles. The second-order valence-electron chi connectivity index (χ2n) is 9.15. The van der Waals surface area contributed by atoms with E-state index in [1.807, 2.05) is 4.90 Å². The molecule has 0 aromatic rings. The van der Waals surface area contributed by atoms with E-state index in [1.165, 1.54) is 0 Å². The zero-order valence-electron chi connectivity index (χ0n) is 16.7. The summed E-state index contributed by atoms with van der Waals surface area (Å²) in [5.74, 6) is 1.63. The van der Waals surface area contributed by atoms with Crippen molar-refractivity contribution in [3.63, 3.8) is 0 Å². The molecule has 4 aliphatic rings. The van der Waals surface area contributed by atoms with Crippen molar-refractivity contribution in [3.05, 3.63) is 0 Å². The summed E-state index contributed by atoms with van der Waals surface area (Å²) in [6.45, 7) is 4.30. The summed E-state index contributed by atoms with van der Waals surface area (Å²) in [6.07, 6.45) is 5.91. The van der Waals surface area contributed by atoms with Crippen molar-refractivity contribution in [1.82, 2.24) is 9.80 Å². The smallest absolute Gasteiger partial charge is 0.225 e. The van der Waals surface area contributed by atoms with Gasteiger partial charge in [0.05, 0.1) is 0 Å². The number of nitrogens with two attached hydrogens (primary N) is 1. The molecule has 2 N–H and O–H groups in total. The lowest BCUT2D eigenvalue weighted by Crippen LogP contribution is -2.49. The van der Waals surface area contributed by atoms with Gasteiger partial charge in [-0.3, -0.25) is 14.4 Å². The molecule has 7 nitrogen and oxygen atoms in total. The predicted molar refractivity (Wildman–Crippen MR) is 103 cm³/mol. The first kappa shape index (κ1) is 19.7. The van der Waals surface area contributed by atoms with E-state index in [4.69, 9.17) is 10.5 Å². The highest BCUT2D eigenvalue weighted by molar-refractivity contribution is 5.80. The van der Waals surface area contributed by atoms with Gasteiger partial charge in [0.25, 0.3) is 0 Å². The highest BCUT2D eigenvalue weighted by Crippen LogP contribution is 2.44. The van der Waals surface area contributed by atoms with Crippen LogP contribution in [0.25, 0.3) is 0 Å². The number of carbonyl (C=O) groups is 3. The molecule has 156 valence electrons. The number of carbonyl (C=O) groups excluding carboxylic acids is 3. The standard InChI is InChI=1S/C21H33N3O4/c22-20(26)14-3-7-23(8-4-14)19(25)11-18-16-1-2-17(18)13-24(12-16)21(27)15-5-9-28-10-6-15/h14-18H,1-13H2,(H2,22,26). The minimum Gasteiger partial charge on any atom is -0.381 e. The van der Waals surface area contributed by atoms with E-state index in [9.17, 15) is 14.4 Å². The average Bonchev–Trinajstić information content (AvgIpc) is 2.95. The number of nitrogens with zero attached hydrogens (tertiary/aromatic N) is 2. The van der Waals surface area contributed by atoms with Crippen molar-refractivity contribution in [2.75, 3.05) is 39.4 Å². The molecule has 0 aromatic carbocycles. The van der Waals surface area contributed by atoms with Gasteiger partial charge in [0.1, 0.15) is 0 Å². The molecule has 7 heteroatoms. The van der Waals surface area contributed by atoms with Crippen LogP contribution in [0.15, 0.2) is 0 Å². The molecule has 4 fully saturated rings. The number of piperidine rings is 2. The van der Waals surface area contributed by atoms with E-state index in [-0.39, 0.29) is 23.7 Å². The summed E-state index contributed by atoms with van der Waals surface area (Å²) in [5, 5.41) is 0. The van der Waals surface area contributed by atoms with E-state index in [2.05, 4.69) is 4.90 Å². The van der Waals surface area contributed by atoms with Crippen LogP contribution in [0.3, 0.4) is 0 Å². The van der Waals surface area contributed by atoms with Gasteiger partial charge in [-0.1, -0.05) is 0 Å². The fourth-order valence-electron chi connectivity index (χ4n) is 5.80. The molecular weight excluding hydrogens is 358 g/mol. The monoisotopic (exact) mass is 391 g/mol. The molecule has 1 aliphatic carbocycles. The Morgan fingerprint density at radius 2 is 1.43 bits per heavy atom. The maximum atomic E-state index is 12.9. The lowest BCUT2D eigenvalue weighted by molar-refractivity contribution is -0.143. The Hall–Kier alpha value is -1.63. The molecule has 3 saturated heterocycles. The third-order valence-corrected chi connectivity index (χ3v) is 7.57. The van der Waals surface area contributed by atoms with Gasteiger partial charge in [-0.25, -0.2) is 0 Å². The third-order valence-electron chi connectivity index (χ3n) is 7.57. The van der Waals surface area contributed by atoms with Crippen LogP contribution in [0.2, 0.25) is 0 Å². The maximum Gasteiger partial charge on any atom is 0.225 e. The van der Waals surface area contributed by atoms with Gasteiger partial charge in [0.15, 0.2) is 0 Å². The average molecular weight is 392 g/mol. The molecule has 2 bridgehead atoms. The van der Waals surface area contributed by atoms with Gasteiger partial charge < -0.3 is 20.3 Å². The van der Waals surface area contributed by atoms with Crippen molar-refractivity contribution in [2.24, 2.45) is 35.3 Å². The zero-order chi connectivity index (χ0) is 19.7. The second-order valence-corrected chi connectivity index (χ2v) is 9.15. The first-order chi connectivity index (χ1) is 13.5. The number of rotatable bonds is 4. The first-order valence-corrected chi connectivity index (χ1v) is 11.0. The minimum atomic E-state index is -0.244. The molecule has 4 rings (SSSR count). The molecule has 2 unspecified atom stereocenters. The van der Waals surface area contributed by atoms with E-state index >= 15 is 0 Å². The summed E-state index contributed by atoms with van der Waals surface area (Å²) in [6, 6.07) is 0.